The summed E-state index contributed by atoms with van der Waals surface area (Å²) in [6.07, 6.45) is -3.23. The van der Waals surface area contributed by atoms with Crippen molar-refractivity contribution in [1.82, 2.24) is 19.9 Å². The Bertz CT molecular complexity index is 1770. The zero-order valence-corrected chi connectivity index (χ0v) is 25.5. The van der Waals surface area contributed by atoms with Gasteiger partial charge in [-0.1, -0.05) is 34.6 Å². The van der Waals surface area contributed by atoms with Crippen molar-refractivity contribution in [3.63, 3.8) is 0 Å². The second-order valence-electron chi connectivity index (χ2n) is 12.1. The van der Waals surface area contributed by atoms with Gasteiger partial charge < -0.3 is 15.1 Å². The largest absolute Gasteiger partial charge is 0.423 e. The summed E-state index contributed by atoms with van der Waals surface area (Å²) in [5, 5.41) is 11.7. The number of aromatic amines is 2. The monoisotopic (exact) mass is 580 g/mol. The first-order valence-corrected chi connectivity index (χ1v) is 14.7. The maximum absolute atomic E-state index is 14.9. The Kier molecular flexibility index (Phi) is 7.00. The molecule has 2 aliphatic heterocycles. The molecule has 6 nitrogen and oxygen atoms in total. The molecular formula is C33H39F3N4O2. The molecule has 3 unspecified atom stereocenters. The molecule has 0 saturated heterocycles. The van der Waals surface area contributed by atoms with E-state index in [0.717, 1.165) is 27.8 Å². The number of aromatic nitrogens is 4. The molecule has 224 valence electrons. The quantitative estimate of drug-likeness (QED) is 0.294. The van der Waals surface area contributed by atoms with Crippen molar-refractivity contribution in [3.05, 3.63) is 69.3 Å². The van der Waals surface area contributed by atoms with Crippen LogP contribution in [0.4, 0.5) is 13.2 Å². The van der Waals surface area contributed by atoms with Crippen molar-refractivity contribution in [2.75, 3.05) is 0 Å². The van der Waals surface area contributed by atoms with Crippen LogP contribution >= 0.6 is 0 Å². The fraction of sp³-hybridized carbons (Fsp3) is 0.485. The van der Waals surface area contributed by atoms with E-state index in [1.165, 1.54) is 13.0 Å². The molecule has 8 bridgehead atoms. The van der Waals surface area contributed by atoms with Gasteiger partial charge in [0.15, 0.2) is 5.78 Å². The number of aryl methyl sites for hydroxylation is 4. The maximum atomic E-state index is 14.9. The highest BCUT2D eigenvalue weighted by Gasteiger charge is 2.69. The summed E-state index contributed by atoms with van der Waals surface area (Å²) in [7, 11) is 0. The van der Waals surface area contributed by atoms with Crippen LogP contribution in [0.25, 0.3) is 22.1 Å². The number of Topliss-reactive ketones (excluding diaryl/α,β-unsaturated/α-hetero) is 1. The first-order valence-electron chi connectivity index (χ1n) is 14.7. The summed E-state index contributed by atoms with van der Waals surface area (Å²) < 4.78 is 44.8. The van der Waals surface area contributed by atoms with E-state index in [-0.39, 0.29) is 17.9 Å². The molecule has 0 spiro atoms. The SMILES string of the molecule is CCc1c(C)c2cc3nc(cc4[nH]c(cc5nc(cc1[nH]2)C(=O)C5(C)CC)c(C)c4CC)C(C)(CC)C3(O)C(F)(F)F. The minimum Gasteiger partial charge on any atom is -0.374 e. The van der Waals surface area contributed by atoms with E-state index in [9.17, 15) is 23.1 Å². The predicted molar refractivity (Wildman–Crippen MR) is 159 cm³/mol. The van der Waals surface area contributed by atoms with Crippen molar-refractivity contribution >= 4 is 27.9 Å². The van der Waals surface area contributed by atoms with Crippen molar-refractivity contribution < 1.29 is 23.1 Å². The van der Waals surface area contributed by atoms with Gasteiger partial charge in [0.25, 0.3) is 0 Å². The van der Waals surface area contributed by atoms with Crippen LogP contribution in [-0.2, 0) is 29.3 Å². The molecule has 0 radical (unpaired) electrons. The molecule has 3 N–H and O–H groups in total. The van der Waals surface area contributed by atoms with E-state index >= 15 is 0 Å². The summed E-state index contributed by atoms with van der Waals surface area (Å²) in [6, 6.07) is 6.54. The molecular weight excluding hydrogens is 541 g/mol. The third-order valence-corrected chi connectivity index (χ3v) is 10.1. The van der Waals surface area contributed by atoms with Crippen LogP contribution in [0.5, 0.6) is 0 Å². The van der Waals surface area contributed by atoms with Gasteiger partial charge in [-0.3, -0.25) is 9.78 Å². The fourth-order valence-electron chi connectivity index (χ4n) is 6.71. The molecule has 0 aliphatic carbocycles. The van der Waals surface area contributed by atoms with Crippen LogP contribution < -0.4 is 0 Å². The average molecular weight is 581 g/mol. The fourth-order valence-corrected chi connectivity index (χ4v) is 6.71. The predicted octanol–water partition coefficient (Wildman–Crippen LogP) is 7.72. The lowest BCUT2D eigenvalue weighted by Crippen LogP contribution is -2.54. The molecule has 0 amide bonds. The Morgan fingerprint density at radius 1 is 0.762 bits per heavy atom. The summed E-state index contributed by atoms with van der Waals surface area (Å²) in [5.74, 6) is -0.101. The van der Waals surface area contributed by atoms with E-state index in [0.29, 0.717) is 47.2 Å². The molecule has 3 aromatic heterocycles. The summed E-state index contributed by atoms with van der Waals surface area (Å²) >= 11 is 0. The highest BCUT2D eigenvalue weighted by Crippen LogP contribution is 2.56. The number of rotatable bonds is 4. The van der Waals surface area contributed by atoms with E-state index in [1.807, 2.05) is 47.6 Å². The van der Waals surface area contributed by atoms with E-state index in [2.05, 4.69) is 15.0 Å². The number of carbonyl (C=O) groups excluding carboxylic acids is 1. The standard InChI is InChI=1S/C33H39F3N4O2/c1-9-19-17(5)22-15-28-32(42,33(34,35)36)31(8,12-4)27(40-28)16-24-20(10-2)18(6)21(38-24)14-26-30(7,11-3)29(41)25(39-26)13-23(19)37-22/h13-16,37-38,42H,9-12H2,1-8H3. The van der Waals surface area contributed by atoms with Gasteiger partial charge in [-0.2, -0.15) is 13.2 Å². The third kappa shape index (κ3) is 3.92. The van der Waals surface area contributed by atoms with Crippen molar-refractivity contribution in [2.45, 2.75) is 104 Å². The number of nitrogens with zero attached hydrogens (tertiary/aromatic N) is 2. The molecule has 9 heteroatoms. The molecule has 0 fully saturated rings. The molecule has 42 heavy (non-hydrogen) atoms. The number of ketones is 1. The molecule has 5 heterocycles. The Morgan fingerprint density at radius 3 is 1.74 bits per heavy atom. The zero-order valence-electron chi connectivity index (χ0n) is 25.5. The zero-order chi connectivity index (χ0) is 31.0. The number of carbonyl (C=O) groups is 1. The topological polar surface area (TPSA) is 94.7 Å². The van der Waals surface area contributed by atoms with Crippen LogP contribution in [0.3, 0.4) is 0 Å². The smallest absolute Gasteiger partial charge is 0.374 e. The van der Waals surface area contributed by atoms with Crippen LogP contribution in [0, 0.1) is 13.8 Å². The van der Waals surface area contributed by atoms with E-state index in [4.69, 9.17) is 4.98 Å². The Balaban J connectivity index is 2.05. The Morgan fingerprint density at radius 2 is 1.26 bits per heavy atom. The van der Waals surface area contributed by atoms with Gasteiger partial charge in [-0.15, -0.1) is 0 Å². The molecule has 0 aromatic carbocycles. The first-order chi connectivity index (χ1) is 19.6. The number of hydrogen-bond donors (Lipinski definition) is 3. The maximum Gasteiger partial charge on any atom is 0.423 e. The highest BCUT2D eigenvalue weighted by atomic mass is 19.4. The molecule has 5 rings (SSSR count). The second kappa shape index (κ2) is 9.79. The van der Waals surface area contributed by atoms with Crippen molar-refractivity contribution in [2.24, 2.45) is 0 Å². The number of H-pyrrole nitrogens is 2. The van der Waals surface area contributed by atoms with Crippen LogP contribution in [0.2, 0.25) is 0 Å². The van der Waals surface area contributed by atoms with Crippen LogP contribution in [0.1, 0.15) is 104 Å². The normalized spacial score (nSPS) is 24.4. The molecule has 3 aromatic rings. The number of aliphatic hydroxyl groups is 1. The molecule has 0 saturated carbocycles. The average Bonchev–Trinajstić information content (AvgIpc) is 3.55. The van der Waals surface area contributed by atoms with Crippen molar-refractivity contribution in [3.8, 4) is 0 Å². The van der Waals surface area contributed by atoms with Gasteiger partial charge in [0, 0.05) is 22.1 Å². The van der Waals surface area contributed by atoms with Gasteiger partial charge in [-0.05, 0) is 93.0 Å². The second-order valence-corrected chi connectivity index (χ2v) is 12.1. The minimum absolute atomic E-state index is 0.00481. The van der Waals surface area contributed by atoms with Gasteiger partial charge in [0.1, 0.15) is 5.69 Å². The number of hydrogen-bond acceptors (Lipinski definition) is 4. The summed E-state index contributed by atoms with van der Waals surface area (Å²) in [5.41, 5.74) is 0.658. The number of halogens is 3. The van der Waals surface area contributed by atoms with E-state index in [1.54, 1.807) is 19.1 Å². The van der Waals surface area contributed by atoms with Gasteiger partial charge >= 0.3 is 6.18 Å². The van der Waals surface area contributed by atoms with Gasteiger partial charge in [0.2, 0.25) is 5.60 Å². The first kappa shape index (κ1) is 30.0. The van der Waals surface area contributed by atoms with Crippen molar-refractivity contribution in [1.29, 1.82) is 0 Å². The Hall–Kier alpha value is -3.46. The summed E-state index contributed by atoms with van der Waals surface area (Å²) in [6.45, 7) is 14.6. The lowest BCUT2D eigenvalue weighted by Gasteiger charge is -2.39. The lowest BCUT2D eigenvalue weighted by molar-refractivity contribution is -0.290. The van der Waals surface area contributed by atoms with Gasteiger partial charge in [0.05, 0.1) is 27.9 Å². The number of alkyl halides is 3. The molecule has 3 atom stereocenters. The number of nitrogens with one attached hydrogen (secondary N) is 2. The van der Waals surface area contributed by atoms with Gasteiger partial charge in [-0.25, -0.2) is 4.98 Å². The highest BCUT2D eigenvalue weighted by molar-refractivity contribution is 6.05. The molecule has 2 aliphatic rings. The Labute approximate surface area is 243 Å². The summed E-state index contributed by atoms with van der Waals surface area (Å²) in [4.78, 5) is 29.7. The van der Waals surface area contributed by atoms with E-state index < -0.39 is 28.3 Å². The lowest BCUT2D eigenvalue weighted by atomic mass is 9.69. The number of fused-ring (bicyclic) bond motifs is 8. The third-order valence-electron chi connectivity index (χ3n) is 10.1. The van der Waals surface area contributed by atoms with Crippen LogP contribution in [-0.4, -0.2) is 37.0 Å². The van der Waals surface area contributed by atoms with Crippen LogP contribution in [0.15, 0.2) is 24.3 Å². The minimum atomic E-state index is -4.99.